The van der Waals surface area contributed by atoms with E-state index in [1.807, 2.05) is 6.07 Å². The molecule has 1 amide bonds. The van der Waals surface area contributed by atoms with Gasteiger partial charge in [-0.1, -0.05) is 0 Å². The highest BCUT2D eigenvalue weighted by Crippen LogP contribution is 2.38. The van der Waals surface area contributed by atoms with Gasteiger partial charge in [-0.05, 0) is 48.9 Å². The number of methoxy groups -OCH3 is 3. The summed E-state index contributed by atoms with van der Waals surface area (Å²) in [4.78, 5) is 12.3. The lowest BCUT2D eigenvalue weighted by molar-refractivity contribution is -0.127. The van der Waals surface area contributed by atoms with Crippen LogP contribution in [0.25, 0.3) is 0 Å². The lowest BCUT2D eigenvalue weighted by atomic mass is 10.1. The van der Waals surface area contributed by atoms with Crippen LogP contribution in [0.15, 0.2) is 36.4 Å². The van der Waals surface area contributed by atoms with Crippen LogP contribution in [0.4, 0.5) is 0 Å². The number of nitrogens with one attached hydrogen (secondary N) is 1. The fourth-order valence-corrected chi connectivity index (χ4v) is 2.44. The van der Waals surface area contributed by atoms with E-state index in [1.54, 1.807) is 43.3 Å². The summed E-state index contributed by atoms with van der Waals surface area (Å²) in [6.07, 6.45) is -0.694. The number of rotatable bonds is 8. The second-order valence-electron chi connectivity index (χ2n) is 5.65. The van der Waals surface area contributed by atoms with Gasteiger partial charge in [-0.3, -0.25) is 4.79 Å². The Morgan fingerprint density at radius 1 is 1.07 bits per heavy atom. The van der Waals surface area contributed by atoms with Crippen LogP contribution in [0, 0.1) is 11.3 Å². The maximum Gasteiger partial charge on any atom is 0.261 e. The van der Waals surface area contributed by atoms with Gasteiger partial charge in [0.05, 0.1) is 33.0 Å². The Balaban J connectivity index is 2.00. The van der Waals surface area contributed by atoms with Gasteiger partial charge in [0.15, 0.2) is 17.6 Å². The number of nitriles is 1. The standard InChI is InChI=1S/C20H22N2O5/c1-13(27-16-7-5-14(11-21)6-8-16)20(23)22-12-15-9-17(24-2)19(26-4)18(10-15)25-3/h5-10,13H,12H2,1-4H3,(H,22,23)/t13-/m0/s1. The molecule has 0 unspecified atom stereocenters. The second-order valence-corrected chi connectivity index (χ2v) is 5.65. The zero-order valence-electron chi connectivity index (χ0n) is 15.7. The first-order valence-electron chi connectivity index (χ1n) is 8.25. The van der Waals surface area contributed by atoms with Crippen LogP contribution >= 0.6 is 0 Å². The number of amides is 1. The molecule has 1 atom stereocenters. The Bertz CT molecular complexity index is 802. The van der Waals surface area contributed by atoms with Crippen LogP contribution in [0.3, 0.4) is 0 Å². The quantitative estimate of drug-likeness (QED) is 0.768. The van der Waals surface area contributed by atoms with Crippen molar-refractivity contribution in [1.82, 2.24) is 5.32 Å². The van der Waals surface area contributed by atoms with Crippen molar-refractivity contribution < 1.29 is 23.7 Å². The van der Waals surface area contributed by atoms with Crippen LogP contribution in [0.5, 0.6) is 23.0 Å². The van der Waals surface area contributed by atoms with Gasteiger partial charge >= 0.3 is 0 Å². The molecular weight excluding hydrogens is 348 g/mol. The van der Waals surface area contributed by atoms with E-state index < -0.39 is 6.10 Å². The first kappa shape index (κ1) is 19.9. The van der Waals surface area contributed by atoms with Gasteiger partial charge in [-0.25, -0.2) is 0 Å². The van der Waals surface area contributed by atoms with E-state index in [4.69, 9.17) is 24.2 Å². The molecule has 0 fully saturated rings. The highest BCUT2D eigenvalue weighted by molar-refractivity contribution is 5.80. The summed E-state index contributed by atoms with van der Waals surface area (Å²) in [6.45, 7) is 1.93. The Labute approximate surface area is 158 Å². The molecule has 2 rings (SSSR count). The minimum absolute atomic E-state index is 0.270. The molecule has 0 saturated carbocycles. The third kappa shape index (κ3) is 5.05. The van der Waals surface area contributed by atoms with Crippen molar-refractivity contribution in [3.05, 3.63) is 47.5 Å². The van der Waals surface area contributed by atoms with Gasteiger partial charge in [-0.15, -0.1) is 0 Å². The fraction of sp³-hybridized carbons (Fsp3) is 0.300. The van der Waals surface area contributed by atoms with Crippen molar-refractivity contribution in [2.75, 3.05) is 21.3 Å². The number of benzene rings is 2. The predicted molar refractivity (Wildman–Crippen MR) is 99.2 cm³/mol. The molecule has 27 heavy (non-hydrogen) atoms. The molecular formula is C20H22N2O5. The van der Waals surface area contributed by atoms with E-state index in [9.17, 15) is 4.79 Å². The third-order valence-electron chi connectivity index (χ3n) is 3.86. The Kier molecular flexibility index (Phi) is 6.89. The Hall–Kier alpha value is -3.40. The second kappa shape index (κ2) is 9.34. The minimum atomic E-state index is -0.694. The van der Waals surface area contributed by atoms with E-state index in [-0.39, 0.29) is 12.5 Å². The maximum absolute atomic E-state index is 12.3. The van der Waals surface area contributed by atoms with Gasteiger partial charge in [0.2, 0.25) is 5.75 Å². The first-order valence-corrected chi connectivity index (χ1v) is 8.25. The molecule has 0 radical (unpaired) electrons. The summed E-state index contributed by atoms with van der Waals surface area (Å²) in [5, 5.41) is 11.6. The van der Waals surface area contributed by atoms with Crippen LogP contribution in [-0.4, -0.2) is 33.3 Å². The molecule has 0 heterocycles. The zero-order valence-corrected chi connectivity index (χ0v) is 15.7. The Morgan fingerprint density at radius 2 is 1.67 bits per heavy atom. The number of hydrogen-bond acceptors (Lipinski definition) is 6. The van der Waals surface area contributed by atoms with E-state index in [0.29, 0.717) is 28.6 Å². The maximum atomic E-state index is 12.3. The predicted octanol–water partition coefficient (Wildman–Crippen LogP) is 2.67. The zero-order chi connectivity index (χ0) is 19.8. The van der Waals surface area contributed by atoms with E-state index in [1.165, 1.54) is 21.3 Å². The van der Waals surface area contributed by atoms with Gasteiger partial charge in [0.1, 0.15) is 5.75 Å². The summed E-state index contributed by atoms with van der Waals surface area (Å²) < 4.78 is 21.5. The van der Waals surface area contributed by atoms with Crippen molar-refractivity contribution in [1.29, 1.82) is 5.26 Å². The normalized spacial score (nSPS) is 11.1. The molecule has 0 saturated heterocycles. The molecule has 0 aromatic heterocycles. The van der Waals surface area contributed by atoms with E-state index in [0.717, 1.165) is 5.56 Å². The number of carbonyl (C=O) groups excluding carboxylic acids is 1. The molecule has 0 aliphatic heterocycles. The molecule has 142 valence electrons. The highest BCUT2D eigenvalue weighted by atomic mass is 16.5. The number of ether oxygens (including phenoxy) is 4. The third-order valence-corrected chi connectivity index (χ3v) is 3.86. The van der Waals surface area contributed by atoms with Gasteiger partial charge in [-0.2, -0.15) is 5.26 Å². The average Bonchev–Trinajstić information content (AvgIpc) is 2.71. The summed E-state index contributed by atoms with van der Waals surface area (Å²) >= 11 is 0. The van der Waals surface area contributed by atoms with Gasteiger partial charge in [0.25, 0.3) is 5.91 Å². The van der Waals surface area contributed by atoms with E-state index >= 15 is 0 Å². The van der Waals surface area contributed by atoms with Crippen LogP contribution in [0.1, 0.15) is 18.1 Å². The summed E-state index contributed by atoms with van der Waals surface area (Å²) in [5.41, 5.74) is 1.32. The lowest BCUT2D eigenvalue weighted by Crippen LogP contribution is -2.35. The van der Waals surface area contributed by atoms with Crippen molar-refractivity contribution in [3.8, 4) is 29.1 Å². The monoisotopic (exact) mass is 370 g/mol. The van der Waals surface area contributed by atoms with Crippen molar-refractivity contribution in [2.24, 2.45) is 0 Å². The molecule has 1 N–H and O–H groups in total. The van der Waals surface area contributed by atoms with Gasteiger partial charge in [0, 0.05) is 6.54 Å². The molecule has 0 bridgehead atoms. The number of nitrogens with zero attached hydrogens (tertiary/aromatic N) is 1. The highest BCUT2D eigenvalue weighted by Gasteiger charge is 2.17. The van der Waals surface area contributed by atoms with Crippen LogP contribution in [0.2, 0.25) is 0 Å². The molecule has 7 nitrogen and oxygen atoms in total. The molecule has 0 spiro atoms. The lowest BCUT2D eigenvalue weighted by Gasteiger charge is -2.16. The topological polar surface area (TPSA) is 89.8 Å². The number of carbonyl (C=O) groups is 1. The first-order chi connectivity index (χ1) is 13.0. The summed E-state index contributed by atoms with van der Waals surface area (Å²) in [6, 6.07) is 12.2. The van der Waals surface area contributed by atoms with Crippen molar-refractivity contribution in [2.45, 2.75) is 19.6 Å². The summed E-state index contributed by atoms with van der Waals surface area (Å²) in [7, 11) is 4.60. The van der Waals surface area contributed by atoms with Crippen molar-refractivity contribution >= 4 is 5.91 Å². The molecule has 0 aliphatic rings. The number of hydrogen-bond donors (Lipinski definition) is 1. The molecule has 0 aliphatic carbocycles. The average molecular weight is 370 g/mol. The fourth-order valence-electron chi connectivity index (χ4n) is 2.44. The van der Waals surface area contributed by atoms with E-state index in [2.05, 4.69) is 5.32 Å². The van der Waals surface area contributed by atoms with Crippen molar-refractivity contribution in [3.63, 3.8) is 0 Å². The minimum Gasteiger partial charge on any atom is -0.493 e. The SMILES string of the molecule is COc1cc(CNC(=O)[C@H](C)Oc2ccc(C#N)cc2)cc(OC)c1OC. The summed E-state index contributed by atoms with van der Waals surface area (Å²) in [5.74, 6) is 1.77. The molecule has 2 aromatic carbocycles. The Morgan fingerprint density at radius 3 is 2.15 bits per heavy atom. The van der Waals surface area contributed by atoms with Crippen LogP contribution in [-0.2, 0) is 11.3 Å². The molecule has 2 aromatic rings. The largest absolute Gasteiger partial charge is 0.493 e. The smallest absolute Gasteiger partial charge is 0.261 e. The molecule has 7 heteroatoms. The van der Waals surface area contributed by atoms with Gasteiger partial charge < -0.3 is 24.3 Å². The van der Waals surface area contributed by atoms with Crippen LogP contribution < -0.4 is 24.3 Å².